The Bertz CT molecular complexity index is 885. The third-order valence-corrected chi connectivity index (χ3v) is 3.57. The largest absolute Gasteiger partial charge is 0.493 e. The molecule has 1 amide bonds. The van der Waals surface area contributed by atoms with E-state index in [9.17, 15) is 14.4 Å². The second-order valence-electron chi connectivity index (χ2n) is 6.13. The second-order valence-corrected chi connectivity index (χ2v) is 6.13. The van der Waals surface area contributed by atoms with E-state index >= 15 is 0 Å². The van der Waals surface area contributed by atoms with E-state index in [1.54, 1.807) is 30.3 Å². The highest BCUT2D eigenvalue weighted by Crippen LogP contribution is 2.29. The Morgan fingerprint density at radius 3 is 2.67 bits per heavy atom. The number of carbonyl (C=O) groups is 1. The summed E-state index contributed by atoms with van der Waals surface area (Å²) >= 11 is 0. The highest BCUT2D eigenvalue weighted by Gasteiger charge is 2.11. The molecular formula is C21H21FN2O3. The molecule has 0 atom stereocenters. The van der Waals surface area contributed by atoms with Crippen molar-refractivity contribution >= 4 is 12.0 Å². The normalized spacial score (nSPS) is 11.0. The van der Waals surface area contributed by atoms with Crippen LogP contribution in [0.15, 0.2) is 48.0 Å². The highest BCUT2D eigenvalue weighted by atomic mass is 19.1. The number of hydrogen-bond acceptors (Lipinski definition) is 4. The van der Waals surface area contributed by atoms with E-state index in [4.69, 9.17) is 9.47 Å². The summed E-state index contributed by atoms with van der Waals surface area (Å²) in [5.74, 6) is 0.163. The van der Waals surface area contributed by atoms with Crippen molar-refractivity contribution in [3.8, 4) is 17.6 Å². The smallest absolute Gasteiger partial charge is 0.262 e. The molecule has 0 unspecified atom stereocenters. The number of methoxy groups -OCH3 is 1. The summed E-state index contributed by atoms with van der Waals surface area (Å²) in [5, 5.41) is 11.9. The van der Waals surface area contributed by atoms with Crippen LogP contribution in [-0.4, -0.2) is 19.1 Å². The zero-order valence-electron chi connectivity index (χ0n) is 15.5. The Morgan fingerprint density at radius 2 is 2.04 bits per heavy atom. The van der Waals surface area contributed by atoms with Crippen LogP contribution in [-0.2, 0) is 11.4 Å². The van der Waals surface area contributed by atoms with Crippen LogP contribution >= 0.6 is 0 Å². The molecule has 0 fully saturated rings. The third-order valence-electron chi connectivity index (χ3n) is 3.57. The molecule has 0 saturated heterocycles. The van der Waals surface area contributed by atoms with Crippen LogP contribution in [0.2, 0.25) is 0 Å². The molecule has 0 bridgehead atoms. The number of carbonyl (C=O) groups excluding carboxylic acids is 1. The van der Waals surface area contributed by atoms with Crippen LogP contribution < -0.4 is 14.8 Å². The molecule has 1 N–H and O–H groups in total. The fourth-order valence-electron chi connectivity index (χ4n) is 2.34. The molecule has 140 valence electrons. The van der Waals surface area contributed by atoms with E-state index in [0.717, 1.165) is 0 Å². The first kappa shape index (κ1) is 20.0. The first-order chi connectivity index (χ1) is 12.9. The molecule has 0 aliphatic heterocycles. The molecule has 0 spiro atoms. The molecule has 0 saturated carbocycles. The van der Waals surface area contributed by atoms with Gasteiger partial charge in [0.25, 0.3) is 5.91 Å². The molecule has 2 aromatic rings. The maximum atomic E-state index is 13.2. The number of rotatable bonds is 7. The average molecular weight is 368 g/mol. The number of ether oxygens (including phenoxy) is 2. The van der Waals surface area contributed by atoms with Crippen LogP contribution in [0.3, 0.4) is 0 Å². The predicted octanol–water partition coefficient (Wildman–Crippen LogP) is 3.84. The molecule has 6 heteroatoms. The van der Waals surface area contributed by atoms with Crippen molar-refractivity contribution in [3.05, 3.63) is 65.0 Å². The van der Waals surface area contributed by atoms with Gasteiger partial charge in [-0.3, -0.25) is 4.79 Å². The van der Waals surface area contributed by atoms with Gasteiger partial charge in [-0.2, -0.15) is 5.26 Å². The van der Waals surface area contributed by atoms with Crippen molar-refractivity contribution in [1.82, 2.24) is 5.32 Å². The van der Waals surface area contributed by atoms with E-state index < -0.39 is 5.91 Å². The predicted molar refractivity (Wildman–Crippen MR) is 101 cm³/mol. The maximum absolute atomic E-state index is 13.2. The molecule has 27 heavy (non-hydrogen) atoms. The topological polar surface area (TPSA) is 71.3 Å². The second kappa shape index (κ2) is 9.39. The van der Waals surface area contributed by atoms with Gasteiger partial charge in [0.2, 0.25) is 0 Å². The van der Waals surface area contributed by atoms with E-state index in [0.29, 0.717) is 22.6 Å². The summed E-state index contributed by atoms with van der Waals surface area (Å²) in [4.78, 5) is 12.0. The van der Waals surface area contributed by atoms with E-state index in [1.807, 2.05) is 19.9 Å². The van der Waals surface area contributed by atoms with Gasteiger partial charge in [0, 0.05) is 6.04 Å². The number of amides is 1. The molecule has 0 aliphatic carbocycles. The van der Waals surface area contributed by atoms with Crippen LogP contribution in [0.25, 0.3) is 6.08 Å². The summed E-state index contributed by atoms with van der Waals surface area (Å²) in [6.07, 6.45) is 1.48. The van der Waals surface area contributed by atoms with Crippen molar-refractivity contribution in [3.63, 3.8) is 0 Å². The van der Waals surface area contributed by atoms with Gasteiger partial charge in [0.15, 0.2) is 11.5 Å². The van der Waals surface area contributed by atoms with Crippen LogP contribution in [0.4, 0.5) is 4.39 Å². The maximum Gasteiger partial charge on any atom is 0.262 e. The van der Waals surface area contributed by atoms with Gasteiger partial charge in [0.05, 0.1) is 7.11 Å². The van der Waals surface area contributed by atoms with Gasteiger partial charge < -0.3 is 14.8 Å². The van der Waals surface area contributed by atoms with Gasteiger partial charge >= 0.3 is 0 Å². The minimum Gasteiger partial charge on any atom is -0.493 e. The number of halogens is 1. The standard InChI is InChI=1S/C21H21FN2O3/c1-14(2)24-21(25)17(12-23)9-15-7-8-19(20(11-15)26-3)27-13-16-5-4-6-18(22)10-16/h4-11,14H,13H2,1-3H3,(H,24,25)/b17-9-. The molecule has 0 heterocycles. The average Bonchev–Trinajstić information content (AvgIpc) is 2.64. The lowest BCUT2D eigenvalue weighted by atomic mass is 10.1. The Kier molecular flexibility index (Phi) is 6.95. The molecule has 2 rings (SSSR count). The Hall–Kier alpha value is -3.33. The summed E-state index contributed by atoms with van der Waals surface area (Å²) in [6, 6.07) is 13.0. The summed E-state index contributed by atoms with van der Waals surface area (Å²) in [5.41, 5.74) is 1.32. The van der Waals surface area contributed by atoms with Gasteiger partial charge in [-0.25, -0.2) is 4.39 Å². The van der Waals surface area contributed by atoms with Crippen molar-refractivity contribution in [1.29, 1.82) is 5.26 Å². The van der Waals surface area contributed by atoms with Crippen LogP contribution in [0.1, 0.15) is 25.0 Å². The lowest BCUT2D eigenvalue weighted by Gasteiger charge is -2.12. The van der Waals surface area contributed by atoms with Gasteiger partial charge in [0.1, 0.15) is 24.1 Å². The van der Waals surface area contributed by atoms with Crippen LogP contribution in [0, 0.1) is 17.1 Å². The van der Waals surface area contributed by atoms with Crippen molar-refractivity contribution in [2.75, 3.05) is 7.11 Å². The zero-order chi connectivity index (χ0) is 19.8. The summed E-state index contributed by atoms with van der Waals surface area (Å²) < 4.78 is 24.3. The number of nitrogens with one attached hydrogen (secondary N) is 1. The van der Waals surface area contributed by atoms with Crippen LogP contribution in [0.5, 0.6) is 11.5 Å². The van der Waals surface area contributed by atoms with E-state index in [-0.39, 0.29) is 24.0 Å². The molecule has 5 nitrogen and oxygen atoms in total. The summed E-state index contributed by atoms with van der Waals surface area (Å²) in [6.45, 7) is 3.82. The third kappa shape index (κ3) is 5.86. The lowest BCUT2D eigenvalue weighted by Crippen LogP contribution is -2.30. The van der Waals surface area contributed by atoms with Gasteiger partial charge in [-0.05, 0) is 55.3 Å². The number of benzene rings is 2. The molecular weight excluding hydrogens is 347 g/mol. The van der Waals surface area contributed by atoms with Gasteiger partial charge in [-0.15, -0.1) is 0 Å². The fourth-order valence-corrected chi connectivity index (χ4v) is 2.34. The number of nitrogens with zero attached hydrogens (tertiary/aromatic N) is 1. The first-order valence-electron chi connectivity index (χ1n) is 8.41. The lowest BCUT2D eigenvalue weighted by molar-refractivity contribution is -0.117. The monoisotopic (exact) mass is 368 g/mol. The van der Waals surface area contributed by atoms with Gasteiger partial charge in [-0.1, -0.05) is 18.2 Å². The summed E-state index contributed by atoms with van der Waals surface area (Å²) in [7, 11) is 1.49. The Morgan fingerprint density at radius 1 is 1.26 bits per heavy atom. The van der Waals surface area contributed by atoms with Crippen molar-refractivity contribution in [2.24, 2.45) is 0 Å². The quantitative estimate of drug-likeness (QED) is 0.595. The number of hydrogen-bond donors (Lipinski definition) is 1. The molecule has 2 aromatic carbocycles. The van der Waals surface area contributed by atoms with E-state index in [1.165, 1.54) is 25.3 Å². The van der Waals surface area contributed by atoms with Crippen molar-refractivity contribution < 1.29 is 18.7 Å². The Balaban J connectivity index is 2.18. The molecule has 0 radical (unpaired) electrons. The van der Waals surface area contributed by atoms with Crippen molar-refractivity contribution in [2.45, 2.75) is 26.5 Å². The van der Waals surface area contributed by atoms with E-state index in [2.05, 4.69) is 5.32 Å². The molecule has 0 aliphatic rings. The molecule has 0 aromatic heterocycles. The first-order valence-corrected chi connectivity index (χ1v) is 8.41. The zero-order valence-corrected chi connectivity index (χ0v) is 15.5. The SMILES string of the molecule is COc1cc(/C=C(/C#N)C(=O)NC(C)C)ccc1OCc1cccc(F)c1. The minimum absolute atomic E-state index is 0.000757. The highest BCUT2D eigenvalue weighted by molar-refractivity contribution is 6.01. The fraction of sp³-hybridized carbons (Fsp3) is 0.238. The Labute approximate surface area is 158 Å². The minimum atomic E-state index is -0.433. The number of nitriles is 1.